The third-order valence-electron chi connectivity index (χ3n) is 9.53. The number of ether oxygens (including phenoxy) is 2. The van der Waals surface area contributed by atoms with Crippen molar-refractivity contribution in [1.29, 1.82) is 0 Å². The normalized spacial score (nSPS) is 27.8. The highest BCUT2D eigenvalue weighted by Gasteiger charge is 2.42. The van der Waals surface area contributed by atoms with Gasteiger partial charge in [0.15, 0.2) is 0 Å². The first-order chi connectivity index (χ1) is 19.2. The van der Waals surface area contributed by atoms with Crippen LogP contribution in [0.15, 0.2) is 23.8 Å². The number of hydrogen-bond acceptors (Lipinski definition) is 7. The molecule has 0 amide bonds. The van der Waals surface area contributed by atoms with Crippen LogP contribution in [-0.4, -0.2) is 70.1 Å². The molecule has 7 nitrogen and oxygen atoms in total. The van der Waals surface area contributed by atoms with Gasteiger partial charge >= 0.3 is 5.97 Å². The number of aliphatic hydroxyl groups is 4. The fourth-order valence-electron chi connectivity index (χ4n) is 6.37. The molecule has 1 aliphatic heterocycles. The van der Waals surface area contributed by atoms with Gasteiger partial charge in [-0.25, -0.2) is 0 Å². The highest BCUT2D eigenvalue weighted by atomic mass is 16.5. The summed E-state index contributed by atoms with van der Waals surface area (Å²) in [6.45, 7) is 17.8. The van der Waals surface area contributed by atoms with Crippen molar-refractivity contribution in [3.05, 3.63) is 23.8 Å². The number of carbonyl (C=O) groups excluding carboxylic acids is 1. The van der Waals surface area contributed by atoms with Gasteiger partial charge in [-0.1, -0.05) is 73.1 Å². The van der Waals surface area contributed by atoms with E-state index < -0.39 is 36.3 Å². The lowest BCUT2D eigenvalue weighted by molar-refractivity contribution is -0.171. The van der Waals surface area contributed by atoms with Gasteiger partial charge in [0.2, 0.25) is 0 Å². The molecule has 1 rings (SSSR count). The maximum atomic E-state index is 12.1. The monoisotopic (exact) mass is 582 g/mol. The fraction of sp³-hybridized carbons (Fsp3) is 0.853. The molecule has 0 aromatic rings. The van der Waals surface area contributed by atoms with Crippen LogP contribution in [0.4, 0.5) is 0 Å². The van der Waals surface area contributed by atoms with Gasteiger partial charge in [0.05, 0.1) is 49.7 Å². The van der Waals surface area contributed by atoms with E-state index in [4.69, 9.17) is 9.47 Å². The smallest absolute Gasteiger partial charge is 0.311 e. The Hall–Kier alpha value is -1.25. The molecule has 0 aromatic heterocycles. The average molecular weight is 583 g/mol. The Labute approximate surface area is 250 Å². The number of esters is 1. The molecule has 7 heteroatoms. The zero-order valence-corrected chi connectivity index (χ0v) is 27.5. The number of carbonyl (C=O) groups is 1. The molecule has 240 valence electrons. The number of aliphatic hydroxyl groups excluding tert-OH is 4. The third kappa shape index (κ3) is 11.4. The minimum Gasteiger partial charge on any atom is -0.469 e. The highest BCUT2D eigenvalue weighted by molar-refractivity contribution is 5.72. The van der Waals surface area contributed by atoms with E-state index in [2.05, 4.69) is 26.8 Å². The molecule has 4 N–H and O–H groups in total. The van der Waals surface area contributed by atoms with E-state index >= 15 is 0 Å². The highest BCUT2D eigenvalue weighted by Crippen LogP contribution is 2.36. The van der Waals surface area contributed by atoms with Gasteiger partial charge in [0.25, 0.3) is 0 Å². The molecule has 0 saturated carbocycles. The molecule has 0 aromatic carbocycles. The molecular formula is C34H62O7. The van der Waals surface area contributed by atoms with Gasteiger partial charge in [-0.3, -0.25) is 4.79 Å². The number of methoxy groups -OCH3 is 1. The summed E-state index contributed by atoms with van der Waals surface area (Å²) < 4.78 is 11.2. The summed E-state index contributed by atoms with van der Waals surface area (Å²) in [5.74, 6) is -1.21. The van der Waals surface area contributed by atoms with Crippen LogP contribution in [0, 0.1) is 41.4 Å². The lowest BCUT2D eigenvalue weighted by Crippen LogP contribution is -2.49. The van der Waals surface area contributed by atoms with Crippen molar-refractivity contribution >= 4 is 5.97 Å². The minimum atomic E-state index is -0.895. The van der Waals surface area contributed by atoms with Crippen LogP contribution >= 0.6 is 0 Å². The Morgan fingerprint density at radius 3 is 2.20 bits per heavy atom. The second-order valence-corrected chi connectivity index (χ2v) is 13.1. The number of allylic oxidation sites excluding steroid dienone is 2. The van der Waals surface area contributed by atoms with E-state index in [1.54, 1.807) is 0 Å². The minimum absolute atomic E-state index is 0.0310. The van der Waals surface area contributed by atoms with Crippen LogP contribution in [0.1, 0.15) is 101 Å². The lowest BCUT2D eigenvalue weighted by atomic mass is 9.76. The zero-order chi connectivity index (χ0) is 31.4. The van der Waals surface area contributed by atoms with Crippen molar-refractivity contribution in [2.75, 3.05) is 7.11 Å². The second kappa shape index (κ2) is 18.4. The van der Waals surface area contributed by atoms with Crippen molar-refractivity contribution in [3.63, 3.8) is 0 Å². The maximum Gasteiger partial charge on any atom is 0.311 e. The Morgan fingerprint density at radius 2 is 1.61 bits per heavy atom. The van der Waals surface area contributed by atoms with Crippen molar-refractivity contribution in [2.24, 2.45) is 41.4 Å². The van der Waals surface area contributed by atoms with E-state index in [9.17, 15) is 25.2 Å². The summed E-state index contributed by atoms with van der Waals surface area (Å²) in [6, 6.07) is 0. The quantitative estimate of drug-likeness (QED) is 0.129. The van der Waals surface area contributed by atoms with Crippen LogP contribution in [0.2, 0.25) is 0 Å². The van der Waals surface area contributed by atoms with Gasteiger partial charge < -0.3 is 29.9 Å². The van der Waals surface area contributed by atoms with Gasteiger partial charge in [-0.05, 0) is 63.4 Å². The van der Waals surface area contributed by atoms with E-state index in [1.165, 1.54) is 7.11 Å². The van der Waals surface area contributed by atoms with Gasteiger partial charge in [0.1, 0.15) is 0 Å². The molecule has 1 fully saturated rings. The average Bonchev–Trinajstić information content (AvgIpc) is 2.95. The molecule has 13 atom stereocenters. The fourth-order valence-corrected chi connectivity index (χ4v) is 6.37. The molecular weight excluding hydrogens is 520 g/mol. The summed E-state index contributed by atoms with van der Waals surface area (Å²) >= 11 is 0. The van der Waals surface area contributed by atoms with Crippen molar-refractivity contribution in [1.82, 2.24) is 0 Å². The summed E-state index contributed by atoms with van der Waals surface area (Å²) in [5.41, 5.74) is 0.989. The first kappa shape index (κ1) is 37.8. The largest absolute Gasteiger partial charge is 0.469 e. The van der Waals surface area contributed by atoms with E-state index in [0.717, 1.165) is 31.3 Å². The van der Waals surface area contributed by atoms with Gasteiger partial charge in [0, 0.05) is 23.7 Å². The summed E-state index contributed by atoms with van der Waals surface area (Å²) in [7, 11) is 1.38. The van der Waals surface area contributed by atoms with E-state index in [0.29, 0.717) is 18.8 Å². The van der Waals surface area contributed by atoms with Crippen molar-refractivity contribution in [3.8, 4) is 0 Å². The third-order valence-corrected chi connectivity index (χ3v) is 9.53. The second-order valence-electron chi connectivity index (χ2n) is 13.1. The number of rotatable bonds is 17. The van der Waals surface area contributed by atoms with Crippen LogP contribution in [0.25, 0.3) is 0 Å². The Balaban J connectivity index is 2.67. The SMILES string of the molecule is CCCC(C)/C=C(\C)C(O)C(C)/C=C/CCC(O)C(C)C(O)C(C)C(O)C(C)C1OC(C(C)C(=O)OC)CCC1C. The summed E-state index contributed by atoms with van der Waals surface area (Å²) in [6.07, 6.45) is 7.62. The topological polar surface area (TPSA) is 116 Å². The first-order valence-corrected chi connectivity index (χ1v) is 16.0. The standard InChI is InChI=1S/C34H62O7/c1-11-14-20(2)19-23(5)30(36)21(3)15-12-13-16-28(35)24(6)31(37)26(8)32(38)27(9)33-22(4)17-18-29(41-33)25(7)34(39)40-10/h12,15,19-22,24-33,35-38H,11,13-14,16-18H2,1-10H3/b15-12+,23-19+. The summed E-state index contributed by atoms with van der Waals surface area (Å²) in [5, 5.41) is 43.8. The number of hydrogen-bond donors (Lipinski definition) is 4. The molecule has 41 heavy (non-hydrogen) atoms. The lowest BCUT2D eigenvalue weighted by Gasteiger charge is -2.43. The maximum absolute atomic E-state index is 12.1. The van der Waals surface area contributed by atoms with Crippen molar-refractivity contribution in [2.45, 2.75) is 137 Å². The zero-order valence-electron chi connectivity index (χ0n) is 27.5. The van der Waals surface area contributed by atoms with Crippen LogP contribution in [0.5, 0.6) is 0 Å². The van der Waals surface area contributed by atoms with E-state index in [-0.39, 0.29) is 41.8 Å². The van der Waals surface area contributed by atoms with Gasteiger partial charge in [-0.2, -0.15) is 0 Å². The van der Waals surface area contributed by atoms with Crippen LogP contribution < -0.4 is 0 Å². The predicted molar refractivity (Wildman–Crippen MR) is 165 cm³/mol. The molecule has 1 saturated heterocycles. The van der Waals surface area contributed by atoms with Crippen LogP contribution in [-0.2, 0) is 14.3 Å². The molecule has 1 heterocycles. The first-order valence-electron chi connectivity index (χ1n) is 16.0. The van der Waals surface area contributed by atoms with Crippen molar-refractivity contribution < 1.29 is 34.7 Å². The Kier molecular flexibility index (Phi) is 17.0. The summed E-state index contributed by atoms with van der Waals surface area (Å²) in [4.78, 5) is 12.1. The molecule has 0 bridgehead atoms. The molecule has 1 aliphatic rings. The molecule has 0 aliphatic carbocycles. The van der Waals surface area contributed by atoms with E-state index in [1.807, 2.05) is 53.7 Å². The Morgan fingerprint density at radius 1 is 0.976 bits per heavy atom. The molecule has 13 unspecified atom stereocenters. The van der Waals surface area contributed by atoms with Gasteiger partial charge in [-0.15, -0.1) is 0 Å². The predicted octanol–water partition coefficient (Wildman–Crippen LogP) is 5.69. The molecule has 0 spiro atoms. The van der Waals surface area contributed by atoms with Crippen LogP contribution in [0.3, 0.4) is 0 Å². The Bertz CT molecular complexity index is 811. The molecule has 0 radical (unpaired) electrons.